The molecule has 0 amide bonds. The van der Waals surface area contributed by atoms with Crippen molar-refractivity contribution in [3.8, 4) is 0 Å². The lowest BCUT2D eigenvalue weighted by Gasteiger charge is -1.94. The maximum Gasteiger partial charge on any atom is 0.204 e. The fourth-order valence-corrected chi connectivity index (χ4v) is 2.68. The summed E-state index contributed by atoms with van der Waals surface area (Å²) in [5.74, 6) is 0. The van der Waals surface area contributed by atoms with Gasteiger partial charge in [0.1, 0.15) is 0 Å². The largest absolute Gasteiger partial charge is 0.253 e. The Kier molecular flexibility index (Phi) is 3.44. The van der Waals surface area contributed by atoms with Crippen LogP contribution in [0.4, 0.5) is 5.13 Å². The zero-order valence-electron chi connectivity index (χ0n) is 9.88. The van der Waals surface area contributed by atoms with Gasteiger partial charge in [0.25, 0.3) is 0 Å². The molecule has 5 heteroatoms. The number of hydrogen-bond donors (Lipinski definition) is 1. The highest BCUT2D eigenvalue weighted by molar-refractivity contribution is 7.22. The smallest absolute Gasteiger partial charge is 0.204 e. The van der Waals surface area contributed by atoms with Gasteiger partial charge in [-0.1, -0.05) is 47.2 Å². The molecule has 0 fully saturated rings. The summed E-state index contributed by atoms with van der Waals surface area (Å²) in [5, 5.41) is 5.64. The molecule has 3 aromatic rings. The van der Waals surface area contributed by atoms with Crippen molar-refractivity contribution in [2.75, 3.05) is 5.43 Å². The van der Waals surface area contributed by atoms with E-state index >= 15 is 0 Å². The SMILES string of the molecule is Clc1cccc(/C=N\Nc2nc3ccccc3s2)c1. The van der Waals surface area contributed by atoms with Gasteiger partial charge in [-0.2, -0.15) is 5.10 Å². The van der Waals surface area contributed by atoms with Crippen LogP contribution < -0.4 is 5.43 Å². The Morgan fingerprint density at radius 1 is 1.16 bits per heavy atom. The average Bonchev–Trinajstić information content (AvgIpc) is 2.81. The van der Waals surface area contributed by atoms with E-state index in [4.69, 9.17) is 11.6 Å². The van der Waals surface area contributed by atoms with Crippen LogP contribution in [0.25, 0.3) is 10.2 Å². The first-order valence-corrected chi connectivity index (χ1v) is 6.91. The van der Waals surface area contributed by atoms with E-state index in [-0.39, 0.29) is 0 Å². The highest BCUT2D eigenvalue weighted by Crippen LogP contribution is 2.25. The first kappa shape index (κ1) is 12.1. The summed E-state index contributed by atoms with van der Waals surface area (Å²) in [4.78, 5) is 4.43. The summed E-state index contributed by atoms with van der Waals surface area (Å²) in [5.41, 5.74) is 4.86. The number of nitrogens with zero attached hydrogens (tertiary/aromatic N) is 2. The molecule has 0 bridgehead atoms. The van der Waals surface area contributed by atoms with Crippen LogP contribution in [0, 0.1) is 0 Å². The molecule has 0 aliphatic rings. The number of aromatic nitrogens is 1. The fraction of sp³-hybridized carbons (Fsp3) is 0. The summed E-state index contributed by atoms with van der Waals surface area (Å²) in [6, 6.07) is 15.5. The molecule has 0 radical (unpaired) electrons. The van der Waals surface area contributed by atoms with Gasteiger partial charge in [0, 0.05) is 5.02 Å². The van der Waals surface area contributed by atoms with E-state index in [1.54, 1.807) is 17.6 Å². The maximum absolute atomic E-state index is 5.90. The second kappa shape index (κ2) is 5.38. The Morgan fingerprint density at radius 2 is 2.05 bits per heavy atom. The molecule has 19 heavy (non-hydrogen) atoms. The van der Waals surface area contributed by atoms with Crippen molar-refractivity contribution in [2.24, 2.45) is 5.10 Å². The minimum atomic E-state index is 0.698. The topological polar surface area (TPSA) is 37.3 Å². The lowest BCUT2D eigenvalue weighted by Crippen LogP contribution is -1.89. The Balaban J connectivity index is 1.75. The Morgan fingerprint density at radius 3 is 2.89 bits per heavy atom. The predicted octanol–water partition coefficient (Wildman–Crippen LogP) is 4.40. The molecule has 0 saturated heterocycles. The van der Waals surface area contributed by atoms with Crippen LogP contribution in [0.1, 0.15) is 5.56 Å². The van der Waals surface area contributed by atoms with Gasteiger partial charge >= 0.3 is 0 Å². The third-order valence-electron chi connectivity index (χ3n) is 2.52. The van der Waals surface area contributed by atoms with Crippen LogP contribution in [-0.4, -0.2) is 11.2 Å². The lowest BCUT2D eigenvalue weighted by atomic mass is 10.2. The van der Waals surface area contributed by atoms with Crippen molar-refractivity contribution in [3.05, 3.63) is 59.1 Å². The van der Waals surface area contributed by atoms with Crippen LogP contribution in [0.2, 0.25) is 5.02 Å². The fourth-order valence-electron chi connectivity index (χ4n) is 1.67. The van der Waals surface area contributed by atoms with Gasteiger partial charge < -0.3 is 0 Å². The summed E-state index contributed by atoms with van der Waals surface area (Å²) >= 11 is 7.48. The quantitative estimate of drug-likeness (QED) is 0.573. The molecule has 1 heterocycles. The molecular weight excluding hydrogens is 278 g/mol. The van der Waals surface area contributed by atoms with Crippen LogP contribution in [0.3, 0.4) is 0 Å². The van der Waals surface area contributed by atoms with Gasteiger partial charge in [-0.05, 0) is 29.8 Å². The average molecular weight is 288 g/mol. The number of fused-ring (bicyclic) bond motifs is 1. The Labute approximate surface area is 119 Å². The molecule has 2 aromatic carbocycles. The number of hydrazone groups is 1. The summed E-state index contributed by atoms with van der Waals surface area (Å²) < 4.78 is 1.14. The van der Waals surface area contributed by atoms with E-state index in [1.807, 2.05) is 48.5 Å². The van der Waals surface area contributed by atoms with Gasteiger partial charge in [-0.15, -0.1) is 0 Å². The lowest BCUT2D eigenvalue weighted by molar-refractivity contribution is 1.31. The maximum atomic E-state index is 5.90. The zero-order chi connectivity index (χ0) is 13.1. The Bertz CT molecular complexity index is 703. The van der Waals surface area contributed by atoms with Gasteiger partial charge in [-0.25, -0.2) is 4.98 Å². The van der Waals surface area contributed by atoms with Crippen molar-refractivity contribution in [3.63, 3.8) is 0 Å². The van der Waals surface area contributed by atoms with Gasteiger partial charge in [0.05, 0.1) is 16.4 Å². The van der Waals surface area contributed by atoms with Crippen LogP contribution in [0.15, 0.2) is 53.6 Å². The highest BCUT2D eigenvalue weighted by Gasteiger charge is 2.00. The van der Waals surface area contributed by atoms with Crippen molar-refractivity contribution in [1.82, 2.24) is 4.98 Å². The van der Waals surface area contributed by atoms with Crippen LogP contribution >= 0.6 is 22.9 Å². The first-order valence-electron chi connectivity index (χ1n) is 5.71. The van der Waals surface area contributed by atoms with Gasteiger partial charge in [-0.3, -0.25) is 5.43 Å². The number of thiazole rings is 1. The van der Waals surface area contributed by atoms with Crippen molar-refractivity contribution >= 4 is 44.5 Å². The molecule has 0 unspecified atom stereocenters. The normalized spacial score (nSPS) is 11.2. The molecule has 3 rings (SSSR count). The number of anilines is 1. The monoisotopic (exact) mass is 287 g/mol. The van der Waals surface area contributed by atoms with Crippen molar-refractivity contribution in [2.45, 2.75) is 0 Å². The van der Waals surface area contributed by atoms with E-state index in [2.05, 4.69) is 15.5 Å². The molecule has 0 spiro atoms. The van der Waals surface area contributed by atoms with Gasteiger partial charge in [0.2, 0.25) is 5.13 Å². The molecule has 0 saturated carbocycles. The number of benzene rings is 2. The molecule has 1 N–H and O–H groups in total. The Hall–Kier alpha value is -1.91. The van der Waals surface area contributed by atoms with Crippen molar-refractivity contribution in [1.29, 1.82) is 0 Å². The minimum Gasteiger partial charge on any atom is -0.253 e. The summed E-state index contributed by atoms with van der Waals surface area (Å²) in [6.45, 7) is 0. The molecule has 0 aliphatic carbocycles. The third-order valence-corrected chi connectivity index (χ3v) is 3.69. The van der Waals surface area contributed by atoms with Gasteiger partial charge in [0.15, 0.2) is 0 Å². The second-order valence-corrected chi connectivity index (χ2v) is 5.38. The molecule has 1 aromatic heterocycles. The summed E-state index contributed by atoms with van der Waals surface area (Å²) in [7, 11) is 0. The van der Waals surface area contributed by atoms with E-state index in [0.717, 1.165) is 20.9 Å². The second-order valence-electron chi connectivity index (χ2n) is 3.91. The standard InChI is InChI=1S/C14H10ClN3S/c15-11-5-3-4-10(8-11)9-16-18-14-17-12-6-1-2-7-13(12)19-14/h1-9H,(H,17,18)/b16-9-. The number of rotatable bonds is 3. The molecule has 3 nitrogen and oxygen atoms in total. The molecular formula is C14H10ClN3S. The van der Waals surface area contributed by atoms with E-state index in [1.165, 1.54) is 0 Å². The zero-order valence-corrected chi connectivity index (χ0v) is 11.4. The summed E-state index contributed by atoms with van der Waals surface area (Å²) in [6.07, 6.45) is 1.72. The molecule has 0 aliphatic heterocycles. The number of nitrogens with one attached hydrogen (secondary N) is 1. The van der Waals surface area contributed by atoms with E-state index in [9.17, 15) is 0 Å². The van der Waals surface area contributed by atoms with E-state index in [0.29, 0.717) is 5.02 Å². The number of halogens is 1. The molecule has 94 valence electrons. The third kappa shape index (κ3) is 2.92. The van der Waals surface area contributed by atoms with Crippen LogP contribution in [0.5, 0.6) is 0 Å². The van der Waals surface area contributed by atoms with Crippen molar-refractivity contribution < 1.29 is 0 Å². The first-order chi connectivity index (χ1) is 9.31. The minimum absolute atomic E-state index is 0.698. The molecule has 0 atom stereocenters. The van der Waals surface area contributed by atoms with Crippen LogP contribution in [-0.2, 0) is 0 Å². The number of hydrogen-bond acceptors (Lipinski definition) is 4. The predicted molar refractivity (Wildman–Crippen MR) is 82.3 cm³/mol. The van der Waals surface area contributed by atoms with E-state index < -0.39 is 0 Å². The highest BCUT2D eigenvalue weighted by atomic mass is 35.5. The number of para-hydroxylation sites is 1.